The highest BCUT2D eigenvalue weighted by Crippen LogP contribution is 2.33. The number of benzene rings is 1. The molecule has 4 aromatic rings. The smallest absolute Gasteiger partial charge is 0.330 e. The second kappa shape index (κ2) is 10.0. The van der Waals surface area contributed by atoms with Crippen LogP contribution in [0.15, 0.2) is 53.5 Å². The van der Waals surface area contributed by atoms with Crippen molar-refractivity contribution in [2.45, 2.75) is 13.0 Å². The third kappa shape index (κ3) is 4.78. The molecule has 1 atom stereocenters. The largest absolute Gasteiger partial charge is 0.496 e. The van der Waals surface area contributed by atoms with Crippen molar-refractivity contribution >= 4 is 21.0 Å². The van der Waals surface area contributed by atoms with Gasteiger partial charge in [-0.3, -0.25) is 9.13 Å². The second-order valence-electron chi connectivity index (χ2n) is 8.26. The van der Waals surface area contributed by atoms with Gasteiger partial charge in [0.15, 0.2) is 11.4 Å². The Balaban J connectivity index is 1.94. The quantitative estimate of drug-likeness (QED) is 0.336. The molecule has 0 radical (unpaired) electrons. The minimum atomic E-state index is -3.52. The van der Waals surface area contributed by atoms with Crippen LogP contribution in [0.3, 0.4) is 0 Å². The standard InChI is InChI=1S/C25H28N4O6S/c1-6-35-24-22(34-4)12-11-18(27-24)20(15-36(5,31)32)29-23-19(28(2)25(29)30)13-16(14-26-23)17-9-7-8-10-21(17)33-3/h7-14,20H,6,15H2,1-5H3/t20-/m1/s1. The fourth-order valence-corrected chi connectivity index (χ4v) is 5.04. The molecule has 3 aromatic heterocycles. The first kappa shape index (κ1) is 25.2. The van der Waals surface area contributed by atoms with Gasteiger partial charge in [-0.2, -0.15) is 0 Å². The minimum Gasteiger partial charge on any atom is -0.496 e. The molecule has 190 valence electrons. The van der Waals surface area contributed by atoms with Gasteiger partial charge in [-0.1, -0.05) is 18.2 Å². The molecule has 0 aliphatic heterocycles. The van der Waals surface area contributed by atoms with Gasteiger partial charge in [0, 0.05) is 30.6 Å². The van der Waals surface area contributed by atoms with E-state index in [2.05, 4.69) is 9.97 Å². The summed E-state index contributed by atoms with van der Waals surface area (Å²) in [6.45, 7) is 2.14. The Morgan fingerprint density at radius 2 is 1.78 bits per heavy atom. The first-order chi connectivity index (χ1) is 17.2. The second-order valence-corrected chi connectivity index (χ2v) is 10.4. The van der Waals surface area contributed by atoms with Gasteiger partial charge in [-0.25, -0.2) is 23.2 Å². The zero-order valence-corrected chi connectivity index (χ0v) is 21.6. The molecular formula is C25H28N4O6S. The van der Waals surface area contributed by atoms with Crippen LogP contribution in [0.5, 0.6) is 17.4 Å². The summed E-state index contributed by atoms with van der Waals surface area (Å²) in [6, 6.07) is 11.7. The first-order valence-electron chi connectivity index (χ1n) is 11.2. The van der Waals surface area contributed by atoms with E-state index in [0.717, 1.165) is 17.4 Å². The normalized spacial score (nSPS) is 12.5. The predicted octanol–water partition coefficient (Wildman–Crippen LogP) is 2.85. The van der Waals surface area contributed by atoms with Gasteiger partial charge in [-0.15, -0.1) is 0 Å². The van der Waals surface area contributed by atoms with Crippen molar-refractivity contribution in [2.75, 3.05) is 32.8 Å². The molecule has 11 heteroatoms. The Morgan fingerprint density at radius 1 is 1.06 bits per heavy atom. The maximum Gasteiger partial charge on any atom is 0.330 e. The Kier molecular flexibility index (Phi) is 7.02. The van der Waals surface area contributed by atoms with Crippen LogP contribution in [0.2, 0.25) is 0 Å². The first-order valence-corrected chi connectivity index (χ1v) is 13.3. The zero-order valence-electron chi connectivity index (χ0n) is 20.8. The van der Waals surface area contributed by atoms with Crippen LogP contribution in [0.4, 0.5) is 0 Å². The highest BCUT2D eigenvalue weighted by Gasteiger charge is 2.28. The van der Waals surface area contributed by atoms with E-state index in [9.17, 15) is 13.2 Å². The summed E-state index contributed by atoms with van der Waals surface area (Å²) in [5.74, 6) is 0.940. The van der Waals surface area contributed by atoms with Gasteiger partial charge >= 0.3 is 5.69 Å². The minimum absolute atomic E-state index is 0.218. The van der Waals surface area contributed by atoms with Crippen molar-refractivity contribution in [1.82, 2.24) is 19.1 Å². The zero-order chi connectivity index (χ0) is 26.0. The van der Waals surface area contributed by atoms with Crippen LogP contribution in [0.25, 0.3) is 22.3 Å². The fourth-order valence-electron chi connectivity index (χ4n) is 4.15. The van der Waals surface area contributed by atoms with E-state index in [1.807, 2.05) is 30.3 Å². The molecule has 0 bridgehead atoms. The number of hydrogen-bond donors (Lipinski definition) is 0. The van der Waals surface area contributed by atoms with E-state index in [1.165, 1.54) is 16.2 Å². The molecule has 36 heavy (non-hydrogen) atoms. The Labute approximate surface area is 209 Å². The topological polar surface area (TPSA) is 115 Å². The number of methoxy groups -OCH3 is 2. The van der Waals surface area contributed by atoms with E-state index >= 15 is 0 Å². The third-order valence-electron chi connectivity index (χ3n) is 5.81. The number of hydrogen-bond acceptors (Lipinski definition) is 8. The van der Waals surface area contributed by atoms with E-state index < -0.39 is 21.6 Å². The lowest BCUT2D eigenvalue weighted by molar-refractivity contribution is 0.296. The number of rotatable bonds is 9. The molecule has 3 heterocycles. The summed E-state index contributed by atoms with van der Waals surface area (Å²) >= 11 is 0. The molecule has 0 N–H and O–H groups in total. The molecule has 0 fully saturated rings. The van der Waals surface area contributed by atoms with Crippen molar-refractivity contribution in [1.29, 1.82) is 0 Å². The van der Waals surface area contributed by atoms with Gasteiger partial charge < -0.3 is 14.2 Å². The van der Waals surface area contributed by atoms with Gasteiger partial charge in [0.05, 0.1) is 43.8 Å². The summed E-state index contributed by atoms with van der Waals surface area (Å²) in [6.07, 6.45) is 2.76. The van der Waals surface area contributed by atoms with Gasteiger partial charge in [0.25, 0.3) is 5.88 Å². The van der Waals surface area contributed by atoms with Gasteiger partial charge in [-0.05, 0) is 31.2 Å². The molecule has 0 aliphatic carbocycles. The Morgan fingerprint density at radius 3 is 2.44 bits per heavy atom. The van der Waals surface area contributed by atoms with Crippen molar-refractivity contribution in [3.63, 3.8) is 0 Å². The molecule has 0 unspecified atom stereocenters. The lowest BCUT2D eigenvalue weighted by atomic mass is 10.1. The number of nitrogens with zero attached hydrogens (tertiary/aromatic N) is 4. The molecule has 1 aromatic carbocycles. The number of ether oxygens (including phenoxy) is 3. The van der Waals surface area contributed by atoms with E-state index in [1.54, 1.807) is 39.4 Å². The molecule has 0 aliphatic rings. The molecule has 0 saturated carbocycles. The maximum absolute atomic E-state index is 13.5. The lowest BCUT2D eigenvalue weighted by Gasteiger charge is -2.19. The number of fused-ring (bicyclic) bond motifs is 1. The number of para-hydroxylation sites is 1. The fraction of sp³-hybridized carbons (Fsp3) is 0.320. The van der Waals surface area contributed by atoms with Crippen molar-refractivity contribution < 1.29 is 22.6 Å². The predicted molar refractivity (Wildman–Crippen MR) is 137 cm³/mol. The average Bonchev–Trinajstić information content (AvgIpc) is 3.11. The van der Waals surface area contributed by atoms with Crippen LogP contribution in [0, 0.1) is 0 Å². The molecule has 0 spiro atoms. The van der Waals surface area contributed by atoms with Crippen molar-refractivity contribution in [3.05, 3.63) is 64.8 Å². The van der Waals surface area contributed by atoms with E-state index in [-0.39, 0.29) is 11.6 Å². The SMILES string of the molecule is CCOc1nc([C@@H](CS(C)(=O)=O)n2c(=O)n(C)c3cc(-c4ccccc4OC)cnc32)ccc1OC. The van der Waals surface area contributed by atoms with E-state index in [0.29, 0.717) is 35.0 Å². The summed E-state index contributed by atoms with van der Waals surface area (Å²) in [7, 11) is 1.18. The summed E-state index contributed by atoms with van der Waals surface area (Å²) in [4.78, 5) is 22.6. The summed E-state index contributed by atoms with van der Waals surface area (Å²) in [5, 5.41) is 0. The number of aryl methyl sites for hydroxylation is 1. The van der Waals surface area contributed by atoms with Gasteiger partial charge in [0.1, 0.15) is 15.6 Å². The molecular weight excluding hydrogens is 484 g/mol. The summed E-state index contributed by atoms with van der Waals surface area (Å²) in [5.41, 5.74) is 2.38. The van der Waals surface area contributed by atoms with Crippen molar-refractivity contribution in [2.24, 2.45) is 7.05 Å². The Hall–Kier alpha value is -3.86. The summed E-state index contributed by atoms with van der Waals surface area (Å²) < 4.78 is 44.1. The average molecular weight is 513 g/mol. The number of imidazole rings is 1. The van der Waals surface area contributed by atoms with Crippen LogP contribution in [0.1, 0.15) is 18.7 Å². The van der Waals surface area contributed by atoms with Crippen molar-refractivity contribution in [3.8, 4) is 28.5 Å². The van der Waals surface area contributed by atoms with E-state index in [4.69, 9.17) is 14.2 Å². The molecule has 4 rings (SSSR count). The maximum atomic E-state index is 13.5. The van der Waals surface area contributed by atoms with Crippen LogP contribution < -0.4 is 19.9 Å². The lowest BCUT2D eigenvalue weighted by Crippen LogP contribution is -2.31. The number of sulfone groups is 1. The monoisotopic (exact) mass is 512 g/mol. The third-order valence-corrected chi connectivity index (χ3v) is 6.73. The Bertz CT molecular complexity index is 1580. The highest BCUT2D eigenvalue weighted by atomic mass is 32.2. The van der Waals surface area contributed by atoms with Crippen LogP contribution in [-0.4, -0.2) is 60.4 Å². The molecule has 10 nitrogen and oxygen atoms in total. The number of pyridine rings is 2. The van der Waals surface area contributed by atoms with Crippen LogP contribution >= 0.6 is 0 Å². The molecule has 0 saturated heterocycles. The van der Waals surface area contributed by atoms with Crippen LogP contribution in [-0.2, 0) is 16.9 Å². The van der Waals surface area contributed by atoms with Gasteiger partial charge in [0.2, 0.25) is 0 Å². The molecule has 0 amide bonds. The number of aromatic nitrogens is 4. The highest BCUT2D eigenvalue weighted by molar-refractivity contribution is 7.90.